The van der Waals surface area contributed by atoms with Gasteiger partial charge in [-0.25, -0.2) is 8.42 Å². The average Bonchev–Trinajstić information content (AvgIpc) is 2.25. The van der Waals surface area contributed by atoms with Crippen molar-refractivity contribution in [1.82, 2.24) is 0 Å². The molecule has 88 valence electrons. The maximum Gasteiger partial charge on any atom is 0.156 e. The molecule has 0 aromatic heterocycles. The predicted molar refractivity (Wildman–Crippen MR) is 63.7 cm³/mol. The topological polar surface area (TPSA) is 66.7 Å². The molecule has 1 rings (SSSR count). The number of rotatable bonds is 4. The molecule has 5 heteroatoms. The summed E-state index contributed by atoms with van der Waals surface area (Å²) in [4.78, 5) is 0. The Labute approximate surface area is 95.5 Å². The quantitative estimate of drug-likeness (QED) is 0.495. The van der Waals surface area contributed by atoms with E-state index in [1.165, 1.54) is 0 Å². The van der Waals surface area contributed by atoms with Crippen molar-refractivity contribution >= 4 is 15.5 Å². The van der Waals surface area contributed by atoms with Crippen LogP contribution in [0.3, 0.4) is 0 Å². The summed E-state index contributed by atoms with van der Waals surface area (Å²) in [5, 5.41) is 11.3. The van der Waals surface area contributed by atoms with Crippen molar-refractivity contribution in [2.45, 2.75) is 18.6 Å². The lowest BCUT2D eigenvalue weighted by Crippen LogP contribution is -2.29. The Morgan fingerprint density at radius 2 is 1.94 bits per heavy atom. The monoisotopic (exact) mass is 241 g/mol. The van der Waals surface area contributed by atoms with Crippen molar-refractivity contribution in [3.63, 3.8) is 0 Å². The van der Waals surface area contributed by atoms with E-state index in [4.69, 9.17) is 5.21 Å². The molecule has 0 fully saturated rings. The van der Waals surface area contributed by atoms with Crippen LogP contribution in [0.1, 0.15) is 18.9 Å². The summed E-state index contributed by atoms with van der Waals surface area (Å²) in [6.45, 7) is 1.75. The first-order chi connectivity index (χ1) is 7.50. The third kappa shape index (κ3) is 2.82. The molecule has 4 nitrogen and oxygen atoms in total. The van der Waals surface area contributed by atoms with Gasteiger partial charge in [-0.15, -0.1) is 0 Å². The number of hydrogen-bond donors (Lipinski definition) is 1. The van der Waals surface area contributed by atoms with Gasteiger partial charge in [0.2, 0.25) is 0 Å². The van der Waals surface area contributed by atoms with Gasteiger partial charge in [0.1, 0.15) is 11.0 Å². The van der Waals surface area contributed by atoms with E-state index in [0.29, 0.717) is 12.0 Å². The first-order valence-corrected chi connectivity index (χ1v) is 6.92. The molecule has 0 radical (unpaired) electrons. The lowest BCUT2D eigenvalue weighted by atomic mass is 10.1. The number of benzene rings is 1. The molecule has 1 aromatic carbocycles. The molecular formula is C11H15NO3S. The number of sulfone groups is 1. The Hall–Kier alpha value is -1.36. The number of oxime groups is 1. The second-order valence-electron chi connectivity index (χ2n) is 3.58. The molecule has 0 heterocycles. The summed E-state index contributed by atoms with van der Waals surface area (Å²) in [7, 11) is -3.27. The van der Waals surface area contributed by atoms with Crippen molar-refractivity contribution in [2.24, 2.45) is 5.16 Å². The molecule has 0 aliphatic carbocycles. The van der Waals surface area contributed by atoms with Crippen molar-refractivity contribution in [3.8, 4) is 0 Å². The first-order valence-electron chi connectivity index (χ1n) is 4.97. The Kier molecular flexibility index (Phi) is 4.06. The van der Waals surface area contributed by atoms with Gasteiger partial charge in [-0.3, -0.25) is 0 Å². The summed E-state index contributed by atoms with van der Waals surface area (Å²) in [5.41, 5.74) is 0.827. The fourth-order valence-electron chi connectivity index (χ4n) is 1.62. The second kappa shape index (κ2) is 5.12. The molecule has 0 bridgehead atoms. The zero-order chi connectivity index (χ0) is 12.2. The molecule has 1 aromatic rings. The summed E-state index contributed by atoms with van der Waals surface area (Å²) in [6, 6.07) is 8.82. The number of nitrogens with zero attached hydrogens (tertiary/aromatic N) is 1. The number of hydrogen-bond acceptors (Lipinski definition) is 4. The van der Waals surface area contributed by atoms with E-state index in [9.17, 15) is 8.42 Å². The molecule has 1 unspecified atom stereocenters. The van der Waals surface area contributed by atoms with Crippen LogP contribution in [-0.2, 0) is 9.84 Å². The molecule has 0 amide bonds. The SMILES string of the molecule is CCC(/C(=N/O)c1ccccc1)S(C)(=O)=O. The first kappa shape index (κ1) is 12.7. The van der Waals surface area contributed by atoms with E-state index < -0.39 is 15.1 Å². The molecule has 0 aliphatic rings. The maximum atomic E-state index is 11.5. The van der Waals surface area contributed by atoms with E-state index in [-0.39, 0.29) is 5.71 Å². The maximum absolute atomic E-state index is 11.5. The highest BCUT2D eigenvalue weighted by Gasteiger charge is 2.26. The van der Waals surface area contributed by atoms with E-state index in [1.54, 1.807) is 31.2 Å². The van der Waals surface area contributed by atoms with Gasteiger partial charge in [0.15, 0.2) is 9.84 Å². The third-order valence-corrected chi connectivity index (χ3v) is 3.96. The Morgan fingerprint density at radius 1 is 1.38 bits per heavy atom. The molecule has 0 saturated carbocycles. The van der Waals surface area contributed by atoms with Crippen molar-refractivity contribution < 1.29 is 13.6 Å². The van der Waals surface area contributed by atoms with Crippen molar-refractivity contribution in [1.29, 1.82) is 0 Å². The minimum Gasteiger partial charge on any atom is -0.411 e. The van der Waals surface area contributed by atoms with Crippen molar-refractivity contribution in [3.05, 3.63) is 35.9 Å². The molecular weight excluding hydrogens is 226 g/mol. The van der Waals surface area contributed by atoms with Gasteiger partial charge in [-0.05, 0) is 6.42 Å². The predicted octanol–water partition coefficient (Wildman–Crippen LogP) is 1.69. The van der Waals surface area contributed by atoms with E-state index >= 15 is 0 Å². The summed E-state index contributed by atoms with van der Waals surface area (Å²) >= 11 is 0. The van der Waals surface area contributed by atoms with Gasteiger partial charge in [-0.2, -0.15) is 0 Å². The van der Waals surface area contributed by atoms with Crippen LogP contribution in [0.25, 0.3) is 0 Å². The molecule has 1 atom stereocenters. The fraction of sp³-hybridized carbons (Fsp3) is 0.364. The summed E-state index contributed by atoms with van der Waals surface area (Å²) < 4.78 is 23.1. The van der Waals surface area contributed by atoms with Crippen LogP contribution in [-0.4, -0.2) is 30.8 Å². The highest BCUT2D eigenvalue weighted by molar-refractivity contribution is 7.92. The van der Waals surface area contributed by atoms with Gasteiger partial charge in [0.25, 0.3) is 0 Å². The van der Waals surface area contributed by atoms with Crippen LogP contribution >= 0.6 is 0 Å². The standard InChI is InChI=1S/C11H15NO3S/c1-3-10(16(2,14)15)11(12-13)9-7-5-4-6-8-9/h4-8,10,13H,3H2,1-2H3/b12-11+. The molecule has 0 aliphatic heterocycles. The Morgan fingerprint density at radius 3 is 2.31 bits per heavy atom. The minimum absolute atomic E-state index is 0.200. The van der Waals surface area contributed by atoms with Gasteiger partial charge >= 0.3 is 0 Å². The zero-order valence-corrected chi connectivity index (χ0v) is 10.1. The van der Waals surface area contributed by atoms with Crippen LogP contribution in [0.4, 0.5) is 0 Å². The summed E-state index contributed by atoms with van der Waals surface area (Å²) in [6.07, 6.45) is 1.53. The van der Waals surface area contributed by atoms with E-state index in [2.05, 4.69) is 5.16 Å². The minimum atomic E-state index is -3.27. The van der Waals surface area contributed by atoms with Crippen molar-refractivity contribution in [2.75, 3.05) is 6.26 Å². The second-order valence-corrected chi connectivity index (χ2v) is 5.81. The zero-order valence-electron chi connectivity index (χ0n) is 9.29. The van der Waals surface area contributed by atoms with Gasteiger partial charge < -0.3 is 5.21 Å². The van der Waals surface area contributed by atoms with Crippen LogP contribution < -0.4 is 0 Å². The third-order valence-electron chi connectivity index (χ3n) is 2.37. The Balaban J connectivity index is 3.19. The lowest BCUT2D eigenvalue weighted by molar-refractivity contribution is 0.318. The fourth-order valence-corrected chi connectivity index (χ4v) is 2.81. The van der Waals surface area contributed by atoms with Gasteiger partial charge in [0.05, 0.1) is 0 Å². The molecule has 1 N–H and O–H groups in total. The average molecular weight is 241 g/mol. The highest BCUT2D eigenvalue weighted by Crippen LogP contribution is 2.13. The van der Waals surface area contributed by atoms with E-state index in [0.717, 1.165) is 6.26 Å². The van der Waals surface area contributed by atoms with Crippen LogP contribution in [0.2, 0.25) is 0 Å². The largest absolute Gasteiger partial charge is 0.411 e. The van der Waals surface area contributed by atoms with Crippen LogP contribution in [0.5, 0.6) is 0 Å². The molecule has 0 saturated heterocycles. The normalized spacial score (nSPS) is 14.8. The van der Waals surface area contributed by atoms with Crippen LogP contribution in [0, 0.1) is 0 Å². The highest BCUT2D eigenvalue weighted by atomic mass is 32.2. The molecule has 0 spiro atoms. The lowest BCUT2D eigenvalue weighted by Gasteiger charge is -2.14. The Bertz CT molecular complexity index is 465. The van der Waals surface area contributed by atoms with Crippen LogP contribution in [0.15, 0.2) is 35.5 Å². The summed E-state index contributed by atoms with van der Waals surface area (Å²) in [5.74, 6) is 0. The molecule has 16 heavy (non-hydrogen) atoms. The van der Waals surface area contributed by atoms with E-state index in [1.807, 2.05) is 6.07 Å². The smallest absolute Gasteiger partial charge is 0.156 e. The van der Waals surface area contributed by atoms with Gasteiger partial charge in [0, 0.05) is 11.8 Å². The van der Waals surface area contributed by atoms with Gasteiger partial charge in [-0.1, -0.05) is 42.4 Å².